The van der Waals surface area contributed by atoms with Crippen molar-refractivity contribution in [3.8, 4) is 22.4 Å². The number of hydrogen-bond donors (Lipinski definition) is 1. The summed E-state index contributed by atoms with van der Waals surface area (Å²) in [6.45, 7) is 8.07. The predicted molar refractivity (Wildman–Crippen MR) is 96.6 cm³/mol. The zero-order chi connectivity index (χ0) is 16.8. The lowest BCUT2D eigenvalue weighted by Gasteiger charge is -2.05. The Bertz CT molecular complexity index is 816. The smallest absolute Gasteiger partial charge is 0.267 e. The van der Waals surface area contributed by atoms with Gasteiger partial charge in [0, 0.05) is 5.56 Å². The summed E-state index contributed by atoms with van der Waals surface area (Å²) in [4.78, 5) is 12.0. The van der Waals surface area contributed by atoms with Crippen molar-refractivity contribution in [3.63, 3.8) is 0 Å². The van der Waals surface area contributed by atoms with E-state index in [1.807, 2.05) is 82.3 Å². The minimum absolute atomic E-state index is 0.172. The maximum atomic E-state index is 12.0. The Hall–Kier alpha value is -2.68. The van der Waals surface area contributed by atoms with Crippen molar-refractivity contribution in [2.45, 2.75) is 27.7 Å². The van der Waals surface area contributed by atoms with Gasteiger partial charge in [0.15, 0.2) is 0 Å². The fourth-order valence-corrected chi connectivity index (χ4v) is 2.23. The molecule has 3 heteroatoms. The largest absolute Gasteiger partial charge is 0.272 e. The van der Waals surface area contributed by atoms with Crippen LogP contribution in [-0.4, -0.2) is 10.2 Å². The number of aryl methyl sites for hydroxylation is 2. The molecule has 0 radical (unpaired) electrons. The first-order chi connectivity index (χ1) is 11.1. The highest BCUT2D eigenvalue weighted by Gasteiger charge is 2.07. The second kappa shape index (κ2) is 7.54. The molecule has 0 aliphatic heterocycles. The fraction of sp³-hybridized carbons (Fsp3) is 0.200. The number of aromatic amines is 1. The van der Waals surface area contributed by atoms with Crippen molar-refractivity contribution < 1.29 is 0 Å². The third kappa shape index (κ3) is 3.95. The van der Waals surface area contributed by atoms with E-state index in [9.17, 15) is 4.79 Å². The van der Waals surface area contributed by atoms with Crippen molar-refractivity contribution in [2.24, 2.45) is 0 Å². The predicted octanol–water partition coefficient (Wildman–Crippen LogP) is 4.75. The first kappa shape index (κ1) is 16.7. The highest BCUT2D eigenvalue weighted by Crippen LogP contribution is 2.22. The molecule has 1 N–H and O–H groups in total. The third-order valence-electron chi connectivity index (χ3n) is 3.51. The van der Waals surface area contributed by atoms with Crippen LogP contribution in [0, 0.1) is 13.8 Å². The van der Waals surface area contributed by atoms with Crippen LogP contribution >= 0.6 is 0 Å². The molecule has 1 heterocycles. The molecule has 0 fully saturated rings. The first-order valence-electron chi connectivity index (χ1n) is 7.87. The van der Waals surface area contributed by atoms with Crippen LogP contribution in [0.1, 0.15) is 25.0 Å². The number of benzene rings is 2. The minimum Gasteiger partial charge on any atom is -0.267 e. The molecular formula is C20H22N2O. The van der Waals surface area contributed by atoms with Gasteiger partial charge in [0.2, 0.25) is 0 Å². The number of nitrogens with one attached hydrogen (secondary N) is 1. The summed E-state index contributed by atoms with van der Waals surface area (Å²) >= 11 is 0. The van der Waals surface area contributed by atoms with Crippen LogP contribution < -0.4 is 5.56 Å². The molecule has 118 valence electrons. The summed E-state index contributed by atoms with van der Waals surface area (Å²) < 4.78 is 0. The molecule has 0 unspecified atom stereocenters. The molecule has 2 aromatic carbocycles. The normalized spacial score (nSPS) is 9.91. The lowest BCUT2D eigenvalue weighted by molar-refractivity contribution is 0.998. The molecule has 0 spiro atoms. The van der Waals surface area contributed by atoms with E-state index in [1.165, 1.54) is 11.1 Å². The SMILES string of the molecule is CC.Cc1ccc(-c2cc(-c3ccc(C)cc3)c(=O)[nH]n2)cc1. The molecule has 0 saturated heterocycles. The van der Waals surface area contributed by atoms with E-state index in [2.05, 4.69) is 10.2 Å². The van der Waals surface area contributed by atoms with Gasteiger partial charge in [-0.25, -0.2) is 5.10 Å². The Balaban J connectivity index is 0.000000924. The molecule has 0 amide bonds. The minimum atomic E-state index is -0.172. The van der Waals surface area contributed by atoms with Crippen molar-refractivity contribution in [1.82, 2.24) is 10.2 Å². The first-order valence-corrected chi connectivity index (χ1v) is 7.87. The van der Waals surface area contributed by atoms with Crippen molar-refractivity contribution in [3.05, 3.63) is 76.1 Å². The van der Waals surface area contributed by atoms with Gasteiger partial charge in [0.25, 0.3) is 5.56 Å². The lowest BCUT2D eigenvalue weighted by atomic mass is 10.0. The number of aromatic nitrogens is 2. The molecule has 1 aromatic heterocycles. The molecule has 0 aliphatic carbocycles. The molecule has 0 bridgehead atoms. The number of H-pyrrole nitrogens is 1. The van der Waals surface area contributed by atoms with E-state index in [1.54, 1.807) is 0 Å². The van der Waals surface area contributed by atoms with Gasteiger partial charge in [0.1, 0.15) is 0 Å². The van der Waals surface area contributed by atoms with E-state index >= 15 is 0 Å². The van der Waals surface area contributed by atoms with E-state index in [0.29, 0.717) is 5.56 Å². The van der Waals surface area contributed by atoms with Gasteiger partial charge in [-0.05, 0) is 25.5 Å². The molecule has 0 saturated carbocycles. The van der Waals surface area contributed by atoms with Crippen LogP contribution in [0.25, 0.3) is 22.4 Å². The molecule has 0 atom stereocenters. The van der Waals surface area contributed by atoms with Gasteiger partial charge >= 0.3 is 0 Å². The van der Waals surface area contributed by atoms with Crippen molar-refractivity contribution >= 4 is 0 Å². The van der Waals surface area contributed by atoms with E-state index in [0.717, 1.165) is 16.8 Å². The Morgan fingerprint density at radius 3 is 1.78 bits per heavy atom. The summed E-state index contributed by atoms with van der Waals surface area (Å²) in [6.07, 6.45) is 0. The van der Waals surface area contributed by atoms with Crippen molar-refractivity contribution in [2.75, 3.05) is 0 Å². The van der Waals surface area contributed by atoms with E-state index < -0.39 is 0 Å². The van der Waals surface area contributed by atoms with Gasteiger partial charge in [0.05, 0.1) is 11.3 Å². The van der Waals surface area contributed by atoms with Crippen LogP contribution in [0.5, 0.6) is 0 Å². The number of rotatable bonds is 2. The second-order valence-electron chi connectivity index (χ2n) is 5.23. The number of nitrogens with zero attached hydrogens (tertiary/aromatic N) is 1. The molecule has 3 nitrogen and oxygen atoms in total. The quantitative estimate of drug-likeness (QED) is 0.743. The van der Waals surface area contributed by atoms with Gasteiger partial charge in [-0.15, -0.1) is 0 Å². The fourth-order valence-electron chi connectivity index (χ4n) is 2.23. The van der Waals surface area contributed by atoms with Gasteiger partial charge in [-0.3, -0.25) is 4.79 Å². The topological polar surface area (TPSA) is 45.8 Å². The Kier molecular flexibility index (Phi) is 5.47. The van der Waals surface area contributed by atoms with Gasteiger partial charge in [-0.1, -0.05) is 73.5 Å². The zero-order valence-corrected chi connectivity index (χ0v) is 14.1. The van der Waals surface area contributed by atoms with Crippen LogP contribution in [0.4, 0.5) is 0 Å². The Labute approximate surface area is 137 Å². The summed E-state index contributed by atoms with van der Waals surface area (Å²) in [5, 5.41) is 6.73. The highest BCUT2D eigenvalue weighted by molar-refractivity contribution is 5.69. The monoisotopic (exact) mass is 306 g/mol. The summed E-state index contributed by atoms with van der Waals surface area (Å²) in [5.74, 6) is 0. The molecule has 23 heavy (non-hydrogen) atoms. The zero-order valence-electron chi connectivity index (χ0n) is 14.1. The second-order valence-corrected chi connectivity index (χ2v) is 5.23. The maximum Gasteiger partial charge on any atom is 0.272 e. The Morgan fingerprint density at radius 1 is 0.783 bits per heavy atom. The van der Waals surface area contributed by atoms with Crippen LogP contribution in [0.15, 0.2) is 59.4 Å². The van der Waals surface area contributed by atoms with Gasteiger partial charge < -0.3 is 0 Å². The molecule has 0 aliphatic rings. The van der Waals surface area contributed by atoms with Gasteiger partial charge in [-0.2, -0.15) is 5.10 Å². The molecular weight excluding hydrogens is 284 g/mol. The van der Waals surface area contributed by atoms with Crippen LogP contribution in [0.3, 0.4) is 0 Å². The maximum absolute atomic E-state index is 12.0. The average Bonchev–Trinajstić information content (AvgIpc) is 2.59. The highest BCUT2D eigenvalue weighted by atomic mass is 16.1. The number of hydrogen-bond acceptors (Lipinski definition) is 2. The third-order valence-corrected chi connectivity index (χ3v) is 3.51. The molecule has 3 aromatic rings. The average molecular weight is 306 g/mol. The van der Waals surface area contributed by atoms with Crippen molar-refractivity contribution in [1.29, 1.82) is 0 Å². The molecule has 3 rings (SSSR count). The summed E-state index contributed by atoms with van der Waals surface area (Å²) in [7, 11) is 0. The summed E-state index contributed by atoms with van der Waals surface area (Å²) in [5.41, 5.74) is 5.49. The lowest BCUT2D eigenvalue weighted by Crippen LogP contribution is -2.11. The standard InChI is InChI=1S/C18H16N2O.C2H6/c1-12-3-7-14(8-4-12)16-11-17(19-20-18(16)21)15-9-5-13(2)6-10-15;1-2/h3-11H,1-2H3,(H,20,21);1-2H3. The van der Waals surface area contributed by atoms with E-state index in [4.69, 9.17) is 0 Å². The summed E-state index contributed by atoms with van der Waals surface area (Å²) in [6, 6.07) is 17.8. The van der Waals surface area contributed by atoms with E-state index in [-0.39, 0.29) is 5.56 Å². The Morgan fingerprint density at radius 2 is 1.26 bits per heavy atom. The van der Waals surface area contributed by atoms with Crippen LogP contribution in [0.2, 0.25) is 0 Å². The van der Waals surface area contributed by atoms with Crippen LogP contribution in [-0.2, 0) is 0 Å².